The monoisotopic (exact) mass is 314 g/mol. The third-order valence-corrected chi connectivity index (χ3v) is 5.25. The summed E-state index contributed by atoms with van der Waals surface area (Å²) in [4.78, 5) is 28.9. The van der Waals surface area contributed by atoms with Crippen LogP contribution in [0.3, 0.4) is 0 Å². The number of hydrogen-bond donors (Lipinski definition) is 0. The van der Waals surface area contributed by atoms with Crippen LogP contribution in [0.2, 0.25) is 0 Å². The van der Waals surface area contributed by atoms with Crippen LogP contribution < -0.4 is 4.90 Å². The Morgan fingerprint density at radius 3 is 2.65 bits per heavy atom. The molecule has 3 rings (SSSR count). The van der Waals surface area contributed by atoms with Gasteiger partial charge in [-0.15, -0.1) is 0 Å². The highest BCUT2D eigenvalue weighted by Crippen LogP contribution is 2.29. The van der Waals surface area contributed by atoms with Crippen molar-refractivity contribution in [2.24, 2.45) is 11.8 Å². The molecule has 2 saturated heterocycles. The number of piperidine rings is 1. The second kappa shape index (κ2) is 6.34. The summed E-state index contributed by atoms with van der Waals surface area (Å²) in [7, 11) is 0. The molecule has 2 aliphatic rings. The Hall–Kier alpha value is -1.84. The molecule has 4 heteroatoms. The van der Waals surface area contributed by atoms with Crippen LogP contribution in [0.5, 0.6) is 0 Å². The van der Waals surface area contributed by atoms with Gasteiger partial charge in [0.05, 0.1) is 5.92 Å². The van der Waals surface area contributed by atoms with Gasteiger partial charge >= 0.3 is 0 Å². The van der Waals surface area contributed by atoms with Gasteiger partial charge in [-0.2, -0.15) is 0 Å². The van der Waals surface area contributed by atoms with E-state index in [1.807, 2.05) is 23.1 Å². The Kier molecular flexibility index (Phi) is 4.42. The van der Waals surface area contributed by atoms with E-state index < -0.39 is 0 Å². The van der Waals surface area contributed by atoms with Crippen LogP contribution in [0.1, 0.15) is 37.3 Å². The number of amides is 2. The molecule has 2 heterocycles. The summed E-state index contributed by atoms with van der Waals surface area (Å²) in [6, 6.07) is 6.07. The average molecular weight is 314 g/mol. The molecule has 0 saturated carbocycles. The van der Waals surface area contributed by atoms with E-state index in [2.05, 4.69) is 20.8 Å². The average Bonchev–Trinajstić information content (AvgIpc) is 2.91. The summed E-state index contributed by atoms with van der Waals surface area (Å²) in [6.07, 6.45) is 2.62. The molecule has 2 amide bonds. The quantitative estimate of drug-likeness (QED) is 0.842. The van der Waals surface area contributed by atoms with Gasteiger partial charge in [0.2, 0.25) is 11.8 Å². The van der Waals surface area contributed by atoms with E-state index >= 15 is 0 Å². The summed E-state index contributed by atoms with van der Waals surface area (Å²) in [5.41, 5.74) is 3.31. The first-order chi connectivity index (χ1) is 11.0. The SMILES string of the molecule is Cc1ccc(N2CC(C(=O)N3CCCC(C)C3)CC2=O)cc1C. The molecule has 1 aromatic carbocycles. The number of rotatable bonds is 2. The minimum atomic E-state index is -0.186. The van der Waals surface area contributed by atoms with Gasteiger partial charge in [-0.05, 0) is 55.9 Å². The van der Waals surface area contributed by atoms with Crippen LogP contribution in [0, 0.1) is 25.7 Å². The molecule has 2 atom stereocenters. The molecule has 2 unspecified atom stereocenters. The fourth-order valence-corrected chi connectivity index (χ4v) is 3.66. The molecule has 0 N–H and O–H groups in total. The third-order valence-electron chi connectivity index (χ3n) is 5.25. The zero-order valence-corrected chi connectivity index (χ0v) is 14.3. The van der Waals surface area contributed by atoms with Gasteiger partial charge < -0.3 is 9.80 Å². The van der Waals surface area contributed by atoms with Gasteiger partial charge in [0.15, 0.2) is 0 Å². The summed E-state index contributed by atoms with van der Waals surface area (Å²) >= 11 is 0. The molecule has 0 aliphatic carbocycles. The van der Waals surface area contributed by atoms with Crippen molar-refractivity contribution in [3.8, 4) is 0 Å². The van der Waals surface area contributed by atoms with E-state index in [0.29, 0.717) is 18.9 Å². The predicted molar refractivity (Wildman–Crippen MR) is 91.4 cm³/mol. The van der Waals surface area contributed by atoms with Gasteiger partial charge in [-0.1, -0.05) is 13.0 Å². The van der Waals surface area contributed by atoms with E-state index in [9.17, 15) is 9.59 Å². The molecule has 0 aromatic heterocycles. The Labute approximate surface area is 138 Å². The van der Waals surface area contributed by atoms with E-state index in [1.54, 1.807) is 4.90 Å². The standard InChI is InChI=1S/C19H26N2O2/c1-13-5-4-8-20(11-13)19(23)16-10-18(22)21(12-16)17-7-6-14(2)15(3)9-17/h6-7,9,13,16H,4-5,8,10-12H2,1-3H3. The van der Waals surface area contributed by atoms with Gasteiger partial charge in [0.25, 0.3) is 0 Å². The third kappa shape index (κ3) is 3.26. The van der Waals surface area contributed by atoms with E-state index in [1.165, 1.54) is 17.5 Å². The lowest BCUT2D eigenvalue weighted by atomic mass is 9.98. The molecule has 23 heavy (non-hydrogen) atoms. The van der Waals surface area contributed by atoms with Crippen molar-refractivity contribution in [2.75, 3.05) is 24.5 Å². The van der Waals surface area contributed by atoms with Gasteiger partial charge in [-0.25, -0.2) is 0 Å². The highest BCUT2D eigenvalue weighted by Gasteiger charge is 2.38. The van der Waals surface area contributed by atoms with Crippen molar-refractivity contribution in [3.05, 3.63) is 29.3 Å². The molecule has 0 radical (unpaired) electrons. The molecule has 0 bridgehead atoms. The fraction of sp³-hybridized carbons (Fsp3) is 0.579. The summed E-state index contributed by atoms with van der Waals surface area (Å²) in [5.74, 6) is 0.614. The topological polar surface area (TPSA) is 40.6 Å². The lowest BCUT2D eigenvalue weighted by Gasteiger charge is -2.32. The Balaban J connectivity index is 1.71. The molecule has 4 nitrogen and oxygen atoms in total. The zero-order chi connectivity index (χ0) is 16.6. The maximum Gasteiger partial charge on any atom is 0.228 e. The smallest absolute Gasteiger partial charge is 0.228 e. The number of benzene rings is 1. The van der Waals surface area contributed by atoms with Crippen molar-refractivity contribution >= 4 is 17.5 Å². The summed E-state index contributed by atoms with van der Waals surface area (Å²) in [5, 5.41) is 0. The van der Waals surface area contributed by atoms with Crippen LogP contribution >= 0.6 is 0 Å². The van der Waals surface area contributed by atoms with E-state index in [0.717, 1.165) is 25.2 Å². The highest BCUT2D eigenvalue weighted by atomic mass is 16.2. The van der Waals surface area contributed by atoms with Crippen molar-refractivity contribution in [1.82, 2.24) is 4.90 Å². The molecular weight excluding hydrogens is 288 g/mol. The number of nitrogens with zero attached hydrogens (tertiary/aromatic N) is 2. The first kappa shape index (κ1) is 16.0. The van der Waals surface area contributed by atoms with Crippen molar-refractivity contribution in [1.29, 1.82) is 0 Å². The molecule has 0 spiro atoms. The first-order valence-electron chi connectivity index (χ1n) is 8.62. The second-order valence-corrected chi connectivity index (χ2v) is 7.21. The first-order valence-corrected chi connectivity index (χ1v) is 8.62. The van der Waals surface area contributed by atoms with Crippen LogP contribution in [0.15, 0.2) is 18.2 Å². The van der Waals surface area contributed by atoms with Crippen molar-refractivity contribution in [2.45, 2.75) is 40.0 Å². The van der Waals surface area contributed by atoms with Crippen LogP contribution in [0.25, 0.3) is 0 Å². The molecule has 2 fully saturated rings. The van der Waals surface area contributed by atoms with Gasteiger partial charge in [0, 0.05) is 31.7 Å². The molecular formula is C19H26N2O2. The number of carbonyl (C=O) groups excluding carboxylic acids is 2. The number of hydrogen-bond acceptors (Lipinski definition) is 2. The maximum absolute atomic E-state index is 12.7. The minimum Gasteiger partial charge on any atom is -0.342 e. The van der Waals surface area contributed by atoms with Crippen molar-refractivity contribution < 1.29 is 9.59 Å². The lowest BCUT2D eigenvalue weighted by Crippen LogP contribution is -2.43. The predicted octanol–water partition coefficient (Wildman–Crippen LogP) is 2.91. The minimum absolute atomic E-state index is 0.0664. The van der Waals surface area contributed by atoms with Crippen LogP contribution in [-0.2, 0) is 9.59 Å². The number of carbonyl (C=O) groups is 2. The van der Waals surface area contributed by atoms with Crippen molar-refractivity contribution in [3.63, 3.8) is 0 Å². The number of likely N-dealkylation sites (tertiary alicyclic amines) is 1. The lowest BCUT2D eigenvalue weighted by molar-refractivity contribution is -0.137. The van der Waals surface area contributed by atoms with E-state index in [-0.39, 0.29) is 17.7 Å². The number of aryl methyl sites for hydroxylation is 2. The molecule has 124 valence electrons. The number of anilines is 1. The fourth-order valence-electron chi connectivity index (χ4n) is 3.66. The van der Waals surface area contributed by atoms with Crippen LogP contribution in [0.4, 0.5) is 5.69 Å². The van der Waals surface area contributed by atoms with Gasteiger partial charge in [0.1, 0.15) is 0 Å². The second-order valence-electron chi connectivity index (χ2n) is 7.21. The van der Waals surface area contributed by atoms with Crippen LogP contribution in [-0.4, -0.2) is 36.3 Å². The Bertz CT molecular complexity index is 626. The normalized spacial score (nSPS) is 25.1. The molecule has 2 aliphatic heterocycles. The Morgan fingerprint density at radius 2 is 1.96 bits per heavy atom. The highest BCUT2D eigenvalue weighted by molar-refractivity contribution is 6.00. The maximum atomic E-state index is 12.7. The summed E-state index contributed by atoms with van der Waals surface area (Å²) in [6.45, 7) is 8.52. The zero-order valence-electron chi connectivity index (χ0n) is 14.3. The Morgan fingerprint density at radius 1 is 1.17 bits per heavy atom. The molecule has 1 aromatic rings. The largest absolute Gasteiger partial charge is 0.342 e. The van der Waals surface area contributed by atoms with Gasteiger partial charge in [-0.3, -0.25) is 9.59 Å². The van der Waals surface area contributed by atoms with E-state index in [4.69, 9.17) is 0 Å². The summed E-state index contributed by atoms with van der Waals surface area (Å²) < 4.78 is 0.